The summed E-state index contributed by atoms with van der Waals surface area (Å²) in [5, 5.41) is 9.15. The molecule has 0 aliphatic heterocycles. The summed E-state index contributed by atoms with van der Waals surface area (Å²) in [6.45, 7) is 2.93. The van der Waals surface area contributed by atoms with Crippen LogP contribution in [0.25, 0.3) is 0 Å². The highest BCUT2D eigenvalue weighted by atomic mass is 16.3. The van der Waals surface area contributed by atoms with Gasteiger partial charge >= 0.3 is 0 Å². The smallest absolute Gasteiger partial charge is 0.0606 e. The molecule has 1 atom stereocenters. The van der Waals surface area contributed by atoms with Crippen molar-refractivity contribution in [2.75, 3.05) is 18.1 Å². The Kier molecular flexibility index (Phi) is 4.02. The van der Waals surface area contributed by atoms with E-state index in [1.54, 1.807) is 0 Å². The highest BCUT2D eigenvalue weighted by Gasteiger charge is 2.24. The van der Waals surface area contributed by atoms with Crippen molar-refractivity contribution >= 4 is 5.69 Å². The zero-order valence-corrected chi connectivity index (χ0v) is 10.5. The summed E-state index contributed by atoms with van der Waals surface area (Å²) in [5.41, 5.74) is 8.20. The third-order valence-electron chi connectivity index (χ3n) is 3.61. The van der Waals surface area contributed by atoms with Gasteiger partial charge in [0.15, 0.2) is 0 Å². The molecule has 0 bridgehead atoms. The van der Waals surface area contributed by atoms with Gasteiger partial charge in [-0.2, -0.15) is 0 Å². The predicted molar refractivity (Wildman–Crippen MR) is 71.1 cm³/mol. The molecule has 17 heavy (non-hydrogen) atoms. The first-order chi connectivity index (χ1) is 8.22. The number of anilines is 1. The van der Waals surface area contributed by atoms with E-state index in [0.717, 1.165) is 12.1 Å². The molecule has 3 heteroatoms. The first-order valence-electron chi connectivity index (χ1n) is 6.45. The number of aliphatic hydroxyl groups is 1. The maximum absolute atomic E-state index is 9.15. The lowest BCUT2D eigenvalue weighted by atomic mass is 9.91. The molecule has 0 spiro atoms. The molecule has 1 saturated carbocycles. The van der Waals surface area contributed by atoms with E-state index in [1.807, 2.05) is 6.92 Å². The van der Waals surface area contributed by atoms with Crippen LogP contribution in [0.15, 0.2) is 24.3 Å². The minimum Gasteiger partial charge on any atom is -0.395 e. The van der Waals surface area contributed by atoms with Crippen molar-refractivity contribution in [1.82, 2.24) is 0 Å². The molecule has 1 aromatic rings. The van der Waals surface area contributed by atoms with Gasteiger partial charge in [-0.05, 0) is 43.9 Å². The maximum Gasteiger partial charge on any atom is 0.0606 e. The maximum atomic E-state index is 9.15. The zero-order valence-electron chi connectivity index (χ0n) is 10.5. The van der Waals surface area contributed by atoms with Crippen molar-refractivity contribution in [2.45, 2.75) is 38.3 Å². The first-order valence-corrected chi connectivity index (χ1v) is 6.45. The molecule has 94 valence electrons. The van der Waals surface area contributed by atoms with Gasteiger partial charge in [0.05, 0.1) is 6.61 Å². The number of nitrogens with two attached hydrogens (primary N) is 1. The van der Waals surface area contributed by atoms with Crippen molar-refractivity contribution < 1.29 is 5.11 Å². The molecule has 0 heterocycles. The summed E-state index contributed by atoms with van der Waals surface area (Å²) in [7, 11) is 0. The quantitative estimate of drug-likeness (QED) is 0.820. The number of nitrogens with zero attached hydrogens (tertiary/aromatic N) is 1. The van der Waals surface area contributed by atoms with Crippen LogP contribution < -0.4 is 10.6 Å². The van der Waals surface area contributed by atoms with Crippen molar-refractivity contribution in [3.05, 3.63) is 29.8 Å². The zero-order chi connectivity index (χ0) is 12.3. The molecule has 0 radical (unpaired) electrons. The predicted octanol–water partition coefficient (Wildman–Crippen LogP) is 2.06. The molecule has 1 aliphatic rings. The van der Waals surface area contributed by atoms with Crippen LogP contribution in [0.1, 0.15) is 37.8 Å². The summed E-state index contributed by atoms with van der Waals surface area (Å²) in [6.07, 6.45) is 3.80. The van der Waals surface area contributed by atoms with Crippen molar-refractivity contribution in [2.24, 2.45) is 5.73 Å². The van der Waals surface area contributed by atoms with E-state index in [4.69, 9.17) is 10.8 Å². The largest absolute Gasteiger partial charge is 0.395 e. The molecular formula is C14H22N2O. The van der Waals surface area contributed by atoms with Crippen LogP contribution >= 0.6 is 0 Å². The molecule has 2 rings (SSSR count). The fourth-order valence-electron chi connectivity index (χ4n) is 2.30. The standard InChI is InChI=1S/C14H22N2O/c1-11(15)12-5-7-14(8-6-12)16(9-10-17)13-3-2-4-13/h5-8,11,13,17H,2-4,9-10,15H2,1H3/t11-/m1/s1. The van der Waals surface area contributed by atoms with E-state index < -0.39 is 0 Å². The number of hydrogen-bond donors (Lipinski definition) is 2. The molecular weight excluding hydrogens is 212 g/mol. The van der Waals surface area contributed by atoms with Gasteiger partial charge in [0, 0.05) is 24.3 Å². The van der Waals surface area contributed by atoms with E-state index in [2.05, 4.69) is 29.2 Å². The van der Waals surface area contributed by atoms with Crippen LogP contribution in [0.3, 0.4) is 0 Å². The average molecular weight is 234 g/mol. The average Bonchev–Trinajstić information content (AvgIpc) is 2.26. The fourth-order valence-corrected chi connectivity index (χ4v) is 2.30. The van der Waals surface area contributed by atoms with Crippen LogP contribution in [0.5, 0.6) is 0 Å². The highest BCUT2D eigenvalue weighted by molar-refractivity contribution is 5.49. The molecule has 1 fully saturated rings. The van der Waals surface area contributed by atoms with Gasteiger partial charge in [-0.1, -0.05) is 12.1 Å². The second kappa shape index (κ2) is 5.52. The number of benzene rings is 1. The fraction of sp³-hybridized carbons (Fsp3) is 0.571. The summed E-state index contributed by atoms with van der Waals surface area (Å²) in [5.74, 6) is 0. The van der Waals surface area contributed by atoms with E-state index >= 15 is 0 Å². The molecule has 3 nitrogen and oxygen atoms in total. The van der Waals surface area contributed by atoms with Gasteiger partial charge in [0.2, 0.25) is 0 Å². The molecule has 0 unspecified atom stereocenters. The molecule has 1 aliphatic carbocycles. The lowest BCUT2D eigenvalue weighted by Crippen LogP contribution is -2.41. The van der Waals surface area contributed by atoms with Gasteiger partial charge in [-0.15, -0.1) is 0 Å². The third-order valence-corrected chi connectivity index (χ3v) is 3.61. The molecule has 0 saturated heterocycles. The molecule has 1 aromatic carbocycles. The molecule has 0 amide bonds. The van der Waals surface area contributed by atoms with E-state index in [1.165, 1.54) is 24.9 Å². The summed E-state index contributed by atoms with van der Waals surface area (Å²) in [6, 6.07) is 9.10. The van der Waals surface area contributed by atoms with Gasteiger partial charge in [-0.3, -0.25) is 0 Å². The Hall–Kier alpha value is -1.06. The minimum absolute atomic E-state index is 0.0824. The van der Waals surface area contributed by atoms with Crippen LogP contribution in [0, 0.1) is 0 Å². The Labute approximate surface area is 103 Å². The van der Waals surface area contributed by atoms with Crippen molar-refractivity contribution in [3.8, 4) is 0 Å². The number of hydrogen-bond acceptors (Lipinski definition) is 3. The Morgan fingerprint density at radius 3 is 2.41 bits per heavy atom. The summed E-state index contributed by atoms with van der Waals surface area (Å²) < 4.78 is 0. The van der Waals surface area contributed by atoms with Crippen molar-refractivity contribution in [3.63, 3.8) is 0 Å². The second-order valence-electron chi connectivity index (χ2n) is 4.88. The van der Waals surface area contributed by atoms with Crippen LogP contribution in [-0.4, -0.2) is 24.3 Å². The molecule has 0 aromatic heterocycles. The van der Waals surface area contributed by atoms with Crippen LogP contribution in [0.2, 0.25) is 0 Å². The van der Waals surface area contributed by atoms with Gasteiger partial charge in [-0.25, -0.2) is 0 Å². The van der Waals surface area contributed by atoms with Crippen molar-refractivity contribution in [1.29, 1.82) is 0 Å². The molecule has 3 N–H and O–H groups in total. The lowest BCUT2D eigenvalue weighted by Gasteiger charge is -2.39. The highest BCUT2D eigenvalue weighted by Crippen LogP contribution is 2.29. The SMILES string of the molecule is C[C@@H](N)c1ccc(N(CCO)C2CCC2)cc1. The second-order valence-corrected chi connectivity index (χ2v) is 4.88. The van der Waals surface area contributed by atoms with Gasteiger partial charge in [0.25, 0.3) is 0 Å². The van der Waals surface area contributed by atoms with E-state index in [-0.39, 0.29) is 12.6 Å². The Morgan fingerprint density at radius 2 is 2.00 bits per heavy atom. The Balaban J connectivity index is 2.11. The topological polar surface area (TPSA) is 49.5 Å². The van der Waals surface area contributed by atoms with Crippen LogP contribution in [-0.2, 0) is 0 Å². The van der Waals surface area contributed by atoms with Gasteiger partial charge < -0.3 is 15.7 Å². The summed E-state index contributed by atoms with van der Waals surface area (Å²) in [4.78, 5) is 2.31. The monoisotopic (exact) mass is 234 g/mol. The van der Waals surface area contributed by atoms with Crippen LogP contribution in [0.4, 0.5) is 5.69 Å². The number of aliphatic hydroxyl groups excluding tert-OH is 1. The number of rotatable bonds is 5. The lowest BCUT2D eigenvalue weighted by molar-refractivity contribution is 0.283. The van der Waals surface area contributed by atoms with Gasteiger partial charge in [0.1, 0.15) is 0 Å². The third kappa shape index (κ3) is 2.79. The van der Waals surface area contributed by atoms with E-state index in [9.17, 15) is 0 Å². The normalized spacial score (nSPS) is 17.6. The Morgan fingerprint density at radius 1 is 1.35 bits per heavy atom. The van der Waals surface area contributed by atoms with E-state index in [0.29, 0.717) is 6.04 Å². The summed E-state index contributed by atoms with van der Waals surface area (Å²) >= 11 is 0. The minimum atomic E-state index is 0.0824. The first kappa shape index (κ1) is 12.4. The Bertz CT molecular complexity index is 344.